The van der Waals surface area contributed by atoms with E-state index in [0.717, 1.165) is 19.4 Å². The summed E-state index contributed by atoms with van der Waals surface area (Å²) in [4.78, 5) is 35.5. The van der Waals surface area contributed by atoms with E-state index in [-0.39, 0.29) is 35.3 Å². The van der Waals surface area contributed by atoms with Crippen LogP contribution in [0.15, 0.2) is 48.7 Å². The number of alkyl halides is 2. The van der Waals surface area contributed by atoms with E-state index < -0.39 is 35.1 Å². The number of rotatable bonds is 8. The number of anilines is 1. The lowest BCUT2D eigenvalue weighted by Crippen LogP contribution is -2.72. The molecule has 1 spiro atoms. The maximum absolute atomic E-state index is 17.1. The number of hydrogen-bond donors (Lipinski definition) is 0. The zero-order valence-electron chi connectivity index (χ0n) is 30.3. The number of aromatic nitrogens is 3. The molecule has 9 rings (SSSR count). The summed E-state index contributed by atoms with van der Waals surface area (Å²) in [7, 11) is 0. The van der Waals surface area contributed by atoms with Gasteiger partial charge < -0.3 is 19.3 Å². The molecule has 0 bridgehead atoms. The first-order valence-electron chi connectivity index (χ1n) is 18.9. The van der Waals surface area contributed by atoms with Crippen molar-refractivity contribution in [3.05, 3.63) is 65.9 Å². The topological polar surface area (TPSA) is 87.2 Å². The molecule has 5 aliphatic rings. The molecular weight excluding hydrogens is 714 g/mol. The quantitative estimate of drug-likeness (QED) is 0.139. The summed E-state index contributed by atoms with van der Waals surface area (Å²) in [5.74, 6) is 1.28. The molecule has 2 aromatic heterocycles. The zero-order valence-corrected chi connectivity index (χ0v) is 30.3. The molecule has 0 aliphatic carbocycles. The molecule has 14 heteroatoms. The summed E-state index contributed by atoms with van der Waals surface area (Å²) in [5.41, 5.74) is -0.947. The third kappa shape index (κ3) is 6.26. The summed E-state index contributed by atoms with van der Waals surface area (Å²) >= 11 is 0. The van der Waals surface area contributed by atoms with Gasteiger partial charge in [0, 0.05) is 75.5 Å². The van der Waals surface area contributed by atoms with Crippen molar-refractivity contribution in [2.45, 2.75) is 49.1 Å². The van der Waals surface area contributed by atoms with Crippen LogP contribution in [0.4, 0.5) is 23.4 Å². The summed E-state index contributed by atoms with van der Waals surface area (Å²) in [6.45, 7) is 4.44. The van der Waals surface area contributed by atoms with Gasteiger partial charge >= 0.3 is 6.01 Å². The predicted octanol–water partition coefficient (Wildman–Crippen LogP) is 5.08. The number of benzene rings is 2. The van der Waals surface area contributed by atoms with Crippen LogP contribution in [-0.4, -0.2) is 131 Å². The van der Waals surface area contributed by atoms with Crippen molar-refractivity contribution in [1.29, 1.82) is 0 Å². The minimum absolute atomic E-state index is 0.00428. The van der Waals surface area contributed by atoms with Crippen LogP contribution in [0.3, 0.4) is 0 Å². The Hall–Kier alpha value is -4.84. The highest BCUT2D eigenvalue weighted by atomic mass is 19.1. The van der Waals surface area contributed by atoms with Gasteiger partial charge in [0.15, 0.2) is 5.82 Å². The summed E-state index contributed by atoms with van der Waals surface area (Å²) in [5, 5.41) is 1.32. The van der Waals surface area contributed by atoms with E-state index in [9.17, 15) is 18.0 Å². The van der Waals surface area contributed by atoms with Gasteiger partial charge in [0.05, 0.1) is 29.7 Å². The van der Waals surface area contributed by atoms with Crippen LogP contribution in [0.2, 0.25) is 0 Å². The van der Waals surface area contributed by atoms with Crippen molar-refractivity contribution in [2.24, 2.45) is 0 Å². The van der Waals surface area contributed by atoms with Gasteiger partial charge in [-0.2, -0.15) is 9.97 Å². The largest absolute Gasteiger partial charge is 0.461 e. The van der Waals surface area contributed by atoms with Crippen LogP contribution in [0.5, 0.6) is 6.01 Å². The molecular formula is C41H41F4N7O3. The van der Waals surface area contributed by atoms with Crippen LogP contribution in [0.25, 0.3) is 32.9 Å². The highest BCUT2D eigenvalue weighted by Gasteiger charge is 2.51. The van der Waals surface area contributed by atoms with Gasteiger partial charge in [-0.05, 0) is 37.3 Å². The first-order valence-corrected chi connectivity index (χ1v) is 18.9. The van der Waals surface area contributed by atoms with Crippen molar-refractivity contribution in [3.8, 4) is 29.6 Å². The number of fused-ring (bicyclic) bond motifs is 3. The lowest BCUT2D eigenvalue weighted by atomic mass is 9.91. The molecule has 0 N–H and O–H groups in total. The number of likely N-dealkylation sites (tertiary alicyclic amines) is 1. The van der Waals surface area contributed by atoms with Gasteiger partial charge in [-0.1, -0.05) is 36.3 Å². The molecule has 1 amide bonds. The maximum Gasteiger partial charge on any atom is 0.319 e. The van der Waals surface area contributed by atoms with E-state index in [1.165, 1.54) is 12.3 Å². The number of nitrogens with zero attached hydrogens (tertiary/aromatic N) is 7. The first kappa shape index (κ1) is 35.8. The predicted molar refractivity (Wildman–Crippen MR) is 199 cm³/mol. The molecule has 55 heavy (non-hydrogen) atoms. The smallest absolute Gasteiger partial charge is 0.319 e. The summed E-state index contributed by atoms with van der Waals surface area (Å²) in [6.07, 6.45) is 11.3. The Balaban J connectivity index is 1.08. The Morgan fingerprint density at radius 2 is 1.95 bits per heavy atom. The number of carbonyl (C=O) groups excluding carboxylic acids is 1. The molecule has 0 radical (unpaired) electrons. The van der Waals surface area contributed by atoms with E-state index in [1.54, 1.807) is 36.4 Å². The summed E-state index contributed by atoms with van der Waals surface area (Å²) < 4.78 is 72.3. The van der Waals surface area contributed by atoms with E-state index in [4.69, 9.17) is 20.9 Å². The third-order valence-corrected chi connectivity index (χ3v) is 12.1. The molecule has 5 saturated heterocycles. The number of halogens is 4. The number of amides is 1. The molecule has 0 unspecified atom stereocenters. The number of carbonyl (C=O) groups is 1. The third-order valence-electron chi connectivity index (χ3n) is 12.1. The van der Waals surface area contributed by atoms with Gasteiger partial charge in [-0.25, -0.2) is 17.6 Å². The van der Waals surface area contributed by atoms with Gasteiger partial charge in [0.1, 0.15) is 47.3 Å². The SMILES string of the molecule is C#Cc1c(F)ccc2cccc(-c3ncc4c(N5CCN(C(=O)/C=C/CN6CC[C@@H](F)C6)C6(COC6)C5)nc(OC[C@@]56CCCN5C[C@H](F)C6)nc4c3F)c12. The molecule has 286 valence electrons. The lowest BCUT2D eigenvalue weighted by Gasteiger charge is -2.55. The number of piperazine rings is 1. The molecule has 0 saturated carbocycles. The Morgan fingerprint density at radius 1 is 1.07 bits per heavy atom. The second kappa shape index (κ2) is 14.0. The second-order valence-electron chi connectivity index (χ2n) is 15.5. The van der Waals surface area contributed by atoms with Gasteiger partial charge in [0.25, 0.3) is 0 Å². The Kier molecular flexibility index (Phi) is 9.14. The Labute approximate surface area is 316 Å². The number of hydrogen-bond acceptors (Lipinski definition) is 9. The second-order valence-corrected chi connectivity index (χ2v) is 15.5. The fraction of sp³-hybridized carbons (Fsp3) is 0.463. The van der Waals surface area contributed by atoms with Crippen LogP contribution in [-0.2, 0) is 9.53 Å². The van der Waals surface area contributed by atoms with Crippen LogP contribution in [0.1, 0.15) is 31.2 Å². The van der Waals surface area contributed by atoms with Crippen molar-refractivity contribution >= 4 is 33.4 Å². The number of pyridine rings is 1. The van der Waals surface area contributed by atoms with Crippen LogP contribution >= 0.6 is 0 Å². The molecule has 7 heterocycles. The zero-order chi connectivity index (χ0) is 37.9. The molecule has 4 aromatic rings. The van der Waals surface area contributed by atoms with Crippen molar-refractivity contribution in [2.75, 3.05) is 77.1 Å². The summed E-state index contributed by atoms with van der Waals surface area (Å²) in [6, 6.07) is 7.97. The van der Waals surface area contributed by atoms with Crippen LogP contribution in [0, 0.1) is 24.0 Å². The van der Waals surface area contributed by atoms with Gasteiger partial charge in [0.2, 0.25) is 5.91 Å². The van der Waals surface area contributed by atoms with Crippen molar-refractivity contribution < 1.29 is 31.8 Å². The first-order chi connectivity index (χ1) is 26.7. The monoisotopic (exact) mass is 755 g/mol. The van der Waals surface area contributed by atoms with E-state index >= 15 is 4.39 Å². The Morgan fingerprint density at radius 3 is 2.73 bits per heavy atom. The number of terminal acetylenes is 1. The van der Waals surface area contributed by atoms with Gasteiger partial charge in [-0.3, -0.25) is 19.6 Å². The van der Waals surface area contributed by atoms with Crippen LogP contribution < -0.4 is 9.64 Å². The standard InChI is InChI=1S/C41H41F4N7O3/c1-2-29-32(44)10-9-26-6-3-7-30(34(26)29)36-35(45)37-31(19-46-36)38(48-39(47-37)55-25-40-12-5-14-51(40)21-28(43)18-40)50-16-17-52(41(22-50)23-54-24-41)33(53)8-4-13-49-15-11-27(42)20-49/h1,3-4,6-10,19,27-28H,5,11-18,20-25H2/b8-4+/t27-,28-,40+/m1/s1. The average molecular weight is 756 g/mol. The van der Waals surface area contributed by atoms with E-state index in [1.807, 2.05) is 14.7 Å². The fourth-order valence-electron chi connectivity index (χ4n) is 9.29. The van der Waals surface area contributed by atoms with E-state index in [0.29, 0.717) is 99.4 Å². The minimum atomic E-state index is -0.959. The van der Waals surface area contributed by atoms with Gasteiger partial charge in [-0.15, -0.1) is 6.42 Å². The maximum atomic E-state index is 17.1. The lowest BCUT2D eigenvalue weighted by molar-refractivity contribution is -0.164. The Bertz CT molecular complexity index is 2250. The van der Waals surface area contributed by atoms with Crippen molar-refractivity contribution in [1.82, 2.24) is 29.7 Å². The highest BCUT2D eigenvalue weighted by Crippen LogP contribution is 2.42. The molecule has 5 aliphatic heterocycles. The normalized spacial score (nSPS) is 25.3. The minimum Gasteiger partial charge on any atom is -0.461 e. The molecule has 5 fully saturated rings. The molecule has 10 nitrogen and oxygen atoms in total. The van der Waals surface area contributed by atoms with Crippen molar-refractivity contribution in [3.63, 3.8) is 0 Å². The molecule has 2 aromatic carbocycles. The highest BCUT2D eigenvalue weighted by molar-refractivity contribution is 6.02. The van der Waals surface area contributed by atoms with E-state index in [2.05, 4.69) is 20.8 Å². The average Bonchev–Trinajstić information content (AvgIpc) is 3.86. The molecule has 3 atom stereocenters. The fourth-order valence-corrected chi connectivity index (χ4v) is 9.29. The number of ether oxygens (including phenoxy) is 2.